The normalized spacial score (nSPS) is 11.3. The first kappa shape index (κ1) is 11.6. The lowest BCUT2D eigenvalue weighted by atomic mass is 10.1. The molecule has 6 heteroatoms. The maximum absolute atomic E-state index is 5.81. The molecule has 0 atom stereocenters. The van der Waals surface area contributed by atoms with Gasteiger partial charge in [-0.3, -0.25) is 0 Å². The standard InChI is InChI=1S/C11H18N6/c1-8(2)10-11(12)14-15-17(10)6-4-9-13-5-7-16(9)3/h5,7-8H,4,6,12H2,1-3H3. The fourth-order valence-corrected chi connectivity index (χ4v) is 1.94. The third-order valence-corrected chi connectivity index (χ3v) is 2.82. The van der Waals surface area contributed by atoms with E-state index in [4.69, 9.17) is 5.73 Å². The van der Waals surface area contributed by atoms with Crippen LogP contribution in [0.3, 0.4) is 0 Å². The molecule has 2 aromatic heterocycles. The summed E-state index contributed by atoms with van der Waals surface area (Å²) in [4.78, 5) is 4.28. The van der Waals surface area contributed by atoms with Gasteiger partial charge in [-0.1, -0.05) is 19.1 Å². The van der Waals surface area contributed by atoms with Crippen LogP contribution in [0.4, 0.5) is 5.82 Å². The highest BCUT2D eigenvalue weighted by molar-refractivity contribution is 5.35. The molecule has 0 unspecified atom stereocenters. The second-order valence-electron chi connectivity index (χ2n) is 4.44. The van der Waals surface area contributed by atoms with E-state index >= 15 is 0 Å². The lowest BCUT2D eigenvalue weighted by molar-refractivity contribution is 0.536. The van der Waals surface area contributed by atoms with Crippen LogP contribution in [0.2, 0.25) is 0 Å². The topological polar surface area (TPSA) is 74.6 Å². The maximum Gasteiger partial charge on any atom is 0.169 e. The molecule has 0 radical (unpaired) electrons. The number of aromatic nitrogens is 5. The quantitative estimate of drug-likeness (QED) is 0.855. The largest absolute Gasteiger partial charge is 0.381 e. The van der Waals surface area contributed by atoms with Crippen LogP contribution in [-0.4, -0.2) is 24.5 Å². The predicted octanol–water partition coefficient (Wildman–Crippen LogP) is 0.960. The number of nitrogen functional groups attached to an aromatic ring is 1. The summed E-state index contributed by atoms with van der Waals surface area (Å²) in [5, 5.41) is 7.99. The molecule has 2 heterocycles. The summed E-state index contributed by atoms with van der Waals surface area (Å²) in [5.74, 6) is 1.89. The highest BCUT2D eigenvalue weighted by Gasteiger charge is 2.13. The van der Waals surface area contributed by atoms with Crippen molar-refractivity contribution in [3.05, 3.63) is 23.9 Å². The maximum atomic E-state index is 5.81. The molecule has 2 rings (SSSR count). The van der Waals surface area contributed by atoms with Crippen LogP contribution in [0.25, 0.3) is 0 Å². The van der Waals surface area contributed by atoms with Gasteiger partial charge in [-0.15, -0.1) is 5.10 Å². The Hall–Kier alpha value is -1.85. The van der Waals surface area contributed by atoms with Crippen molar-refractivity contribution < 1.29 is 0 Å². The van der Waals surface area contributed by atoms with E-state index in [1.54, 1.807) is 6.20 Å². The molecular formula is C11H18N6. The second kappa shape index (κ2) is 4.57. The highest BCUT2D eigenvalue weighted by atomic mass is 15.4. The molecule has 6 nitrogen and oxygen atoms in total. The zero-order valence-corrected chi connectivity index (χ0v) is 10.5. The molecule has 0 fully saturated rings. The van der Waals surface area contributed by atoms with Crippen LogP contribution < -0.4 is 5.73 Å². The van der Waals surface area contributed by atoms with Crippen molar-refractivity contribution >= 4 is 5.82 Å². The molecule has 0 bridgehead atoms. The first-order chi connectivity index (χ1) is 8.09. The predicted molar refractivity (Wildman–Crippen MR) is 65.4 cm³/mol. The summed E-state index contributed by atoms with van der Waals surface area (Å²) < 4.78 is 3.88. The van der Waals surface area contributed by atoms with Gasteiger partial charge in [-0.05, 0) is 5.92 Å². The SMILES string of the molecule is CC(C)c1c(N)nnn1CCc1nccn1C. The Kier molecular flexibility index (Phi) is 3.12. The molecule has 0 saturated carbocycles. The Morgan fingerprint density at radius 2 is 2.18 bits per heavy atom. The van der Waals surface area contributed by atoms with Gasteiger partial charge in [0.15, 0.2) is 5.82 Å². The Morgan fingerprint density at radius 1 is 1.41 bits per heavy atom. The Balaban J connectivity index is 2.12. The van der Waals surface area contributed by atoms with Gasteiger partial charge in [0.2, 0.25) is 0 Å². The number of anilines is 1. The summed E-state index contributed by atoms with van der Waals surface area (Å²) in [6.45, 7) is 4.93. The van der Waals surface area contributed by atoms with E-state index in [-0.39, 0.29) is 0 Å². The summed E-state index contributed by atoms with van der Waals surface area (Å²) in [5.41, 5.74) is 6.81. The first-order valence-electron chi connectivity index (χ1n) is 5.74. The summed E-state index contributed by atoms with van der Waals surface area (Å²) >= 11 is 0. The van der Waals surface area contributed by atoms with Crippen molar-refractivity contribution in [3.63, 3.8) is 0 Å². The molecule has 0 aliphatic rings. The minimum absolute atomic E-state index is 0.325. The number of rotatable bonds is 4. The van der Waals surface area contributed by atoms with Gasteiger partial charge in [-0.25, -0.2) is 9.67 Å². The molecule has 2 aromatic rings. The molecule has 2 N–H and O–H groups in total. The molecular weight excluding hydrogens is 216 g/mol. The molecule has 0 aromatic carbocycles. The van der Waals surface area contributed by atoms with Crippen molar-refractivity contribution in [1.82, 2.24) is 24.5 Å². The van der Waals surface area contributed by atoms with Gasteiger partial charge in [-0.2, -0.15) is 0 Å². The molecule has 0 aliphatic carbocycles. The minimum atomic E-state index is 0.325. The molecule has 92 valence electrons. The van der Waals surface area contributed by atoms with Gasteiger partial charge >= 0.3 is 0 Å². The number of nitrogens with two attached hydrogens (primary N) is 1. The van der Waals surface area contributed by atoms with E-state index in [9.17, 15) is 0 Å². The molecule has 17 heavy (non-hydrogen) atoms. The van der Waals surface area contributed by atoms with Crippen LogP contribution in [0.15, 0.2) is 12.4 Å². The summed E-state index contributed by atoms with van der Waals surface area (Å²) in [6, 6.07) is 0. The molecule has 0 spiro atoms. The third kappa shape index (κ3) is 2.30. The van der Waals surface area contributed by atoms with Crippen molar-refractivity contribution in [2.24, 2.45) is 7.05 Å². The Morgan fingerprint density at radius 3 is 2.76 bits per heavy atom. The average Bonchev–Trinajstić information content (AvgIpc) is 2.82. The number of hydrogen-bond acceptors (Lipinski definition) is 4. The van der Waals surface area contributed by atoms with Gasteiger partial charge in [0.05, 0.1) is 12.2 Å². The molecule has 0 aliphatic heterocycles. The van der Waals surface area contributed by atoms with Crippen LogP contribution >= 0.6 is 0 Å². The van der Waals surface area contributed by atoms with Crippen molar-refractivity contribution in [2.45, 2.75) is 32.7 Å². The molecule has 0 saturated heterocycles. The van der Waals surface area contributed by atoms with Crippen molar-refractivity contribution in [3.8, 4) is 0 Å². The van der Waals surface area contributed by atoms with E-state index in [1.165, 1.54) is 0 Å². The van der Waals surface area contributed by atoms with Crippen LogP contribution in [0.5, 0.6) is 0 Å². The van der Waals surface area contributed by atoms with Gasteiger partial charge in [0.25, 0.3) is 0 Å². The van der Waals surface area contributed by atoms with Crippen LogP contribution in [-0.2, 0) is 20.0 Å². The van der Waals surface area contributed by atoms with E-state index in [0.717, 1.165) is 24.5 Å². The van der Waals surface area contributed by atoms with Crippen molar-refractivity contribution in [2.75, 3.05) is 5.73 Å². The van der Waals surface area contributed by atoms with Gasteiger partial charge in [0.1, 0.15) is 5.82 Å². The fourth-order valence-electron chi connectivity index (χ4n) is 1.94. The van der Waals surface area contributed by atoms with Crippen LogP contribution in [0, 0.1) is 0 Å². The average molecular weight is 234 g/mol. The lowest BCUT2D eigenvalue weighted by Crippen LogP contribution is -2.11. The van der Waals surface area contributed by atoms with E-state index in [2.05, 4.69) is 29.1 Å². The van der Waals surface area contributed by atoms with Gasteiger partial charge < -0.3 is 10.3 Å². The lowest BCUT2D eigenvalue weighted by Gasteiger charge is -2.09. The number of aryl methyl sites for hydroxylation is 3. The first-order valence-corrected chi connectivity index (χ1v) is 5.74. The van der Waals surface area contributed by atoms with E-state index in [1.807, 2.05) is 22.5 Å². The zero-order chi connectivity index (χ0) is 12.4. The van der Waals surface area contributed by atoms with E-state index < -0.39 is 0 Å². The second-order valence-corrected chi connectivity index (χ2v) is 4.44. The summed E-state index contributed by atoms with van der Waals surface area (Å²) in [7, 11) is 1.99. The smallest absolute Gasteiger partial charge is 0.169 e. The zero-order valence-electron chi connectivity index (χ0n) is 10.5. The monoisotopic (exact) mass is 234 g/mol. The van der Waals surface area contributed by atoms with Gasteiger partial charge in [0, 0.05) is 25.9 Å². The van der Waals surface area contributed by atoms with Crippen molar-refractivity contribution in [1.29, 1.82) is 0 Å². The number of hydrogen-bond donors (Lipinski definition) is 1. The van der Waals surface area contributed by atoms with E-state index in [0.29, 0.717) is 11.7 Å². The molecule has 0 amide bonds. The Labute approximate surface area is 100 Å². The van der Waals surface area contributed by atoms with Crippen LogP contribution in [0.1, 0.15) is 31.3 Å². The highest BCUT2D eigenvalue weighted by Crippen LogP contribution is 2.19. The summed E-state index contributed by atoms with van der Waals surface area (Å²) in [6.07, 6.45) is 4.56. The Bertz CT molecular complexity index is 496. The third-order valence-electron chi connectivity index (χ3n) is 2.82. The minimum Gasteiger partial charge on any atom is -0.381 e. The number of nitrogens with zero attached hydrogens (tertiary/aromatic N) is 5. The number of imidazole rings is 1. The fraction of sp³-hybridized carbons (Fsp3) is 0.545.